The molecule has 0 spiro atoms. The van der Waals surface area contributed by atoms with Gasteiger partial charge in [-0.25, -0.2) is 4.98 Å². The summed E-state index contributed by atoms with van der Waals surface area (Å²) < 4.78 is 0. The molecule has 4 heteroatoms. The van der Waals surface area contributed by atoms with Crippen LogP contribution in [0.1, 0.15) is 5.69 Å². The van der Waals surface area contributed by atoms with Crippen LogP contribution in [0.3, 0.4) is 0 Å². The summed E-state index contributed by atoms with van der Waals surface area (Å²) in [5.41, 5.74) is 2.03. The minimum atomic E-state index is 0.413. The molecule has 52 valence electrons. The van der Waals surface area contributed by atoms with Crippen LogP contribution in [-0.4, -0.2) is 15.0 Å². The van der Waals surface area contributed by atoms with Gasteiger partial charge in [0.05, 0.1) is 23.8 Å². The molecule has 11 heavy (non-hydrogen) atoms. The fourth-order valence-corrected chi connectivity index (χ4v) is 0.954. The Morgan fingerprint density at radius 2 is 2.36 bits per heavy atom. The van der Waals surface area contributed by atoms with Gasteiger partial charge in [0.25, 0.3) is 0 Å². The highest BCUT2D eigenvalue weighted by molar-refractivity contribution is 5.64. The first-order valence-corrected chi connectivity index (χ1v) is 3.09. The SMILES string of the molecule is N#Cc1nc[nH]c2cncc1-2. The van der Waals surface area contributed by atoms with Crippen molar-refractivity contribution in [2.75, 3.05) is 0 Å². The Hall–Kier alpha value is -1.89. The van der Waals surface area contributed by atoms with E-state index in [-0.39, 0.29) is 0 Å². The van der Waals surface area contributed by atoms with Gasteiger partial charge in [0, 0.05) is 6.20 Å². The summed E-state index contributed by atoms with van der Waals surface area (Å²) in [5.74, 6) is 0. The highest BCUT2D eigenvalue weighted by atomic mass is 14.9. The van der Waals surface area contributed by atoms with Crippen molar-refractivity contribution in [2.45, 2.75) is 0 Å². The Labute approximate surface area is 62.9 Å². The Bertz CT molecular complexity index is 384. The fraction of sp³-hybridized carbons (Fsp3) is 0. The first kappa shape index (κ1) is 5.86. The normalized spacial score (nSPS) is 9.73. The van der Waals surface area contributed by atoms with Crippen molar-refractivity contribution in [3.05, 3.63) is 24.4 Å². The molecule has 0 aromatic rings. The summed E-state index contributed by atoms with van der Waals surface area (Å²) in [5, 5.41) is 8.60. The lowest BCUT2D eigenvalue weighted by Crippen LogP contribution is -1.89. The molecule has 0 atom stereocenters. The molecule has 0 radical (unpaired) electrons. The van der Waals surface area contributed by atoms with Crippen molar-refractivity contribution < 1.29 is 0 Å². The average Bonchev–Trinajstić information content (AvgIpc) is 2.50. The van der Waals surface area contributed by atoms with E-state index in [9.17, 15) is 0 Å². The van der Waals surface area contributed by atoms with Crippen LogP contribution in [-0.2, 0) is 0 Å². The van der Waals surface area contributed by atoms with Crippen molar-refractivity contribution >= 4 is 0 Å². The molecule has 0 aromatic heterocycles. The standard InChI is InChI=1S/C7H4N4/c8-1-6-5-2-9-3-7(5)11-4-10-6/h2-4H,(H,10,11). The Balaban J connectivity index is 2.79. The van der Waals surface area contributed by atoms with Crippen LogP contribution in [0.15, 0.2) is 18.7 Å². The lowest BCUT2D eigenvalue weighted by molar-refractivity contribution is 1.15. The summed E-state index contributed by atoms with van der Waals surface area (Å²) in [4.78, 5) is 10.6. The topological polar surface area (TPSA) is 65.4 Å². The van der Waals surface area contributed by atoms with Gasteiger partial charge in [0.2, 0.25) is 0 Å². The lowest BCUT2D eigenvalue weighted by atomic mass is 10.2. The van der Waals surface area contributed by atoms with Crippen LogP contribution < -0.4 is 0 Å². The minimum Gasteiger partial charge on any atom is -0.344 e. The van der Waals surface area contributed by atoms with Crippen LogP contribution in [0.2, 0.25) is 0 Å². The molecule has 4 nitrogen and oxygen atoms in total. The van der Waals surface area contributed by atoms with Crippen molar-refractivity contribution in [1.82, 2.24) is 15.0 Å². The molecule has 0 bridgehead atoms. The van der Waals surface area contributed by atoms with Gasteiger partial charge in [-0.3, -0.25) is 4.98 Å². The molecule has 0 unspecified atom stereocenters. The third-order valence-electron chi connectivity index (χ3n) is 1.47. The first-order chi connectivity index (χ1) is 5.42. The van der Waals surface area contributed by atoms with Crippen molar-refractivity contribution in [3.8, 4) is 17.3 Å². The van der Waals surface area contributed by atoms with Gasteiger partial charge in [0.15, 0.2) is 5.69 Å². The number of fused-ring (bicyclic) bond motifs is 1. The van der Waals surface area contributed by atoms with E-state index in [1.807, 2.05) is 6.07 Å². The smallest absolute Gasteiger partial charge is 0.153 e. The summed E-state index contributed by atoms with van der Waals surface area (Å²) in [6.45, 7) is 0. The van der Waals surface area contributed by atoms with Gasteiger partial charge in [0.1, 0.15) is 6.07 Å². The van der Waals surface area contributed by atoms with Gasteiger partial charge in [-0.1, -0.05) is 0 Å². The van der Waals surface area contributed by atoms with Gasteiger partial charge in [-0.05, 0) is 0 Å². The molecule has 0 saturated carbocycles. The molecule has 2 aliphatic rings. The largest absolute Gasteiger partial charge is 0.344 e. The van der Waals surface area contributed by atoms with E-state index in [2.05, 4.69) is 15.0 Å². The lowest BCUT2D eigenvalue weighted by Gasteiger charge is -1.96. The third kappa shape index (κ3) is 0.749. The quantitative estimate of drug-likeness (QED) is 0.594. The zero-order chi connectivity index (χ0) is 7.68. The van der Waals surface area contributed by atoms with Crippen molar-refractivity contribution in [2.24, 2.45) is 0 Å². The third-order valence-corrected chi connectivity index (χ3v) is 1.47. The second-order valence-corrected chi connectivity index (χ2v) is 2.10. The maximum atomic E-state index is 8.60. The second kappa shape index (κ2) is 2.06. The Morgan fingerprint density at radius 3 is 3.18 bits per heavy atom. The number of rotatable bonds is 0. The number of nitrogens with zero attached hydrogens (tertiary/aromatic N) is 3. The number of nitrogens with one attached hydrogen (secondary N) is 1. The highest BCUT2D eigenvalue weighted by Crippen LogP contribution is 2.19. The van der Waals surface area contributed by atoms with E-state index in [1.54, 1.807) is 12.4 Å². The molecule has 2 aliphatic heterocycles. The summed E-state index contributed by atoms with van der Waals surface area (Å²) >= 11 is 0. The van der Waals surface area contributed by atoms with Crippen LogP contribution in [0, 0.1) is 11.3 Å². The first-order valence-electron chi connectivity index (χ1n) is 3.09. The average molecular weight is 144 g/mol. The van der Waals surface area contributed by atoms with E-state index in [0.29, 0.717) is 5.69 Å². The number of hydrogen-bond acceptors (Lipinski definition) is 3. The van der Waals surface area contributed by atoms with Gasteiger partial charge in [-0.2, -0.15) is 5.26 Å². The number of nitriles is 1. The summed E-state index contributed by atoms with van der Waals surface area (Å²) in [6.07, 6.45) is 4.78. The highest BCUT2D eigenvalue weighted by Gasteiger charge is 2.08. The van der Waals surface area contributed by atoms with E-state index >= 15 is 0 Å². The van der Waals surface area contributed by atoms with E-state index in [0.717, 1.165) is 11.3 Å². The van der Waals surface area contributed by atoms with E-state index < -0.39 is 0 Å². The predicted octanol–water partition coefficient (Wildman–Crippen LogP) is 0.781. The van der Waals surface area contributed by atoms with Crippen LogP contribution in [0.4, 0.5) is 0 Å². The molecular weight excluding hydrogens is 140 g/mol. The number of H-pyrrole nitrogens is 1. The maximum Gasteiger partial charge on any atom is 0.153 e. The second-order valence-electron chi connectivity index (χ2n) is 2.10. The zero-order valence-electron chi connectivity index (χ0n) is 5.57. The molecule has 2 heterocycles. The molecule has 0 fully saturated rings. The summed E-state index contributed by atoms with van der Waals surface area (Å²) in [6, 6.07) is 1.98. The Kier molecular flexibility index (Phi) is 1.10. The predicted molar refractivity (Wildman–Crippen MR) is 37.7 cm³/mol. The molecule has 0 aromatic carbocycles. The fourth-order valence-electron chi connectivity index (χ4n) is 0.954. The van der Waals surface area contributed by atoms with Crippen LogP contribution in [0.5, 0.6) is 0 Å². The van der Waals surface area contributed by atoms with Crippen LogP contribution in [0.25, 0.3) is 11.3 Å². The number of hydrogen-bond donors (Lipinski definition) is 1. The van der Waals surface area contributed by atoms with Crippen LogP contribution >= 0.6 is 0 Å². The van der Waals surface area contributed by atoms with E-state index in [4.69, 9.17) is 5.26 Å². The Morgan fingerprint density at radius 1 is 1.45 bits per heavy atom. The maximum absolute atomic E-state index is 8.60. The van der Waals surface area contributed by atoms with E-state index in [1.165, 1.54) is 6.33 Å². The molecule has 0 saturated heterocycles. The number of aromatic nitrogens is 3. The van der Waals surface area contributed by atoms with Gasteiger partial charge in [-0.15, -0.1) is 0 Å². The van der Waals surface area contributed by atoms with Crippen molar-refractivity contribution in [3.63, 3.8) is 0 Å². The minimum absolute atomic E-state index is 0.413. The molecular formula is C7H4N4. The van der Waals surface area contributed by atoms with Gasteiger partial charge < -0.3 is 4.98 Å². The molecule has 0 amide bonds. The zero-order valence-corrected chi connectivity index (χ0v) is 5.57. The summed E-state index contributed by atoms with van der Waals surface area (Å²) in [7, 11) is 0. The molecule has 0 aliphatic carbocycles. The molecule has 2 rings (SSSR count). The molecule has 1 N–H and O–H groups in total. The monoisotopic (exact) mass is 144 g/mol. The number of aromatic amines is 1. The van der Waals surface area contributed by atoms with Gasteiger partial charge >= 0.3 is 0 Å². The van der Waals surface area contributed by atoms with Crippen molar-refractivity contribution in [1.29, 1.82) is 5.26 Å².